The molecule has 1 aliphatic carbocycles. The molecule has 1 N–H and O–H groups in total. The van der Waals surface area contributed by atoms with Crippen molar-refractivity contribution in [2.45, 2.75) is 51.2 Å². The summed E-state index contributed by atoms with van der Waals surface area (Å²) in [6.07, 6.45) is 4.42. The second kappa shape index (κ2) is 9.66. The number of benzene rings is 1. The first kappa shape index (κ1) is 19.6. The summed E-state index contributed by atoms with van der Waals surface area (Å²) in [4.78, 5) is 17.8. The van der Waals surface area contributed by atoms with Crippen LogP contribution < -0.4 is 0 Å². The second-order valence-electron chi connectivity index (χ2n) is 6.23. The average Bonchev–Trinajstić information content (AvgIpc) is 2.60. The van der Waals surface area contributed by atoms with Gasteiger partial charge >= 0.3 is 0 Å². The van der Waals surface area contributed by atoms with Gasteiger partial charge in [-0.25, -0.2) is 0 Å². The monoisotopic (exact) mass is 361 g/mol. The molecule has 0 fully saturated rings. The van der Waals surface area contributed by atoms with Gasteiger partial charge in [-0.05, 0) is 36.6 Å². The summed E-state index contributed by atoms with van der Waals surface area (Å²) in [5.41, 5.74) is 3.31. The zero-order valence-electron chi connectivity index (χ0n) is 15.2. The van der Waals surface area contributed by atoms with E-state index in [1.165, 1.54) is 5.56 Å². The number of oxime groups is 1. The van der Waals surface area contributed by atoms with Crippen LogP contribution in [0.5, 0.6) is 0 Å². The van der Waals surface area contributed by atoms with Gasteiger partial charge in [0, 0.05) is 18.6 Å². The summed E-state index contributed by atoms with van der Waals surface area (Å²) < 4.78 is 0. The van der Waals surface area contributed by atoms with Crippen molar-refractivity contribution in [3.63, 3.8) is 0 Å². The largest absolute Gasteiger partial charge is 0.511 e. The van der Waals surface area contributed by atoms with Crippen LogP contribution in [-0.2, 0) is 15.4 Å². The molecule has 5 heteroatoms. The number of hydrogen-bond donors (Lipinski definition) is 1. The maximum absolute atomic E-state index is 12.7. The summed E-state index contributed by atoms with van der Waals surface area (Å²) in [7, 11) is 0. The van der Waals surface area contributed by atoms with E-state index < -0.39 is 0 Å². The maximum Gasteiger partial charge on any atom is 0.168 e. The standard InChI is InChI=1S/C20H27NO3S/c1-4-6-17(21-24-5-2)20-18(22)11-16(12-19(20)23)15-9-7-14(8-10-15)13-25-3/h7-10,16,22H,4-6,11-13H2,1-3H3. The smallest absolute Gasteiger partial charge is 0.168 e. The lowest BCUT2D eigenvalue weighted by Crippen LogP contribution is -2.24. The Hall–Kier alpha value is -1.75. The van der Waals surface area contributed by atoms with Gasteiger partial charge < -0.3 is 9.94 Å². The Morgan fingerprint density at radius 1 is 1.28 bits per heavy atom. The highest BCUT2D eigenvalue weighted by molar-refractivity contribution is 7.97. The number of aliphatic hydroxyl groups is 1. The molecule has 0 aromatic heterocycles. The average molecular weight is 362 g/mol. The van der Waals surface area contributed by atoms with Crippen molar-refractivity contribution in [1.29, 1.82) is 0 Å². The van der Waals surface area contributed by atoms with Gasteiger partial charge in [-0.2, -0.15) is 11.8 Å². The van der Waals surface area contributed by atoms with Crippen LogP contribution in [0.15, 0.2) is 40.8 Å². The topological polar surface area (TPSA) is 58.9 Å². The molecule has 0 saturated carbocycles. The van der Waals surface area contributed by atoms with E-state index in [9.17, 15) is 9.90 Å². The van der Waals surface area contributed by atoms with E-state index in [2.05, 4.69) is 35.7 Å². The Morgan fingerprint density at radius 2 is 2.00 bits per heavy atom. The lowest BCUT2D eigenvalue weighted by Gasteiger charge is -2.24. The molecule has 1 aromatic rings. The highest BCUT2D eigenvalue weighted by atomic mass is 32.2. The quantitative estimate of drug-likeness (QED) is 0.523. The van der Waals surface area contributed by atoms with Crippen LogP contribution in [0.3, 0.4) is 0 Å². The zero-order valence-corrected chi connectivity index (χ0v) is 16.1. The Morgan fingerprint density at radius 3 is 2.56 bits per heavy atom. The molecule has 136 valence electrons. The molecule has 0 radical (unpaired) electrons. The predicted octanol–water partition coefficient (Wildman–Crippen LogP) is 5.00. The number of carbonyl (C=O) groups is 1. The Labute approximate surface area is 154 Å². The molecule has 0 amide bonds. The number of hydrogen-bond acceptors (Lipinski definition) is 5. The van der Waals surface area contributed by atoms with Gasteiger partial charge in [0.15, 0.2) is 5.78 Å². The third-order valence-electron chi connectivity index (χ3n) is 4.28. The number of ketones is 1. The fourth-order valence-corrected chi connectivity index (χ4v) is 3.63. The van der Waals surface area contributed by atoms with Gasteiger partial charge in [0.2, 0.25) is 0 Å². The number of thioether (sulfide) groups is 1. The fraction of sp³-hybridized carbons (Fsp3) is 0.500. The number of carbonyl (C=O) groups excluding carboxylic acids is 1. The van der Waals surface area contributed by atoms with Gasteiger partial charge in [0.25, 0.3) is 0 Å². The van der Waals surface area contributed by atoms with Crippen LogP contribution in [0, 0.1) is 0 Å². The van der Waals surface area contributed by atoms with E-state index in [1.54, 1.807) is 11.8 Å². The summed E-state index contributed by atoms with van der Waals surface area (Å²) in [6.45, 7) is 4.31. The lowest BCUT2D eigenvalue weighted by molar-refractivity contribution is -0.116. The van der Waals surface area contributed by atoms with Crippen molar-refractivity contribution < 1.29 is 14.7 Å². The highest BCUT2D eigenvalue weighted by Gasteiger charge is 2.31. The molecule has 1 atom stereocenters. The molecule has 0 heterocycles. The third-order valence-corrected chi connectivity index (χ3v) is 4.90. The molecule has 1 aliphatic rings. The predicted molar refractivity (Wildman–Crippen MR) is 104 cm³/mol. The van der Waals surface area contributed by atoms with Crippen molar-refractivity contribution >= 4 is 23.3 Å². The molecule has 4 nitrogen and oxygen atoms in total. The Bertz CT molecular complexity index is 649. The van der Waals surface area contributed by atoms with E-state index in [4.69, 9.17) is 4.84 Å². The second-order valence-corrected chi connectivity index (χ2v) is 7.10. The van der Waals surface area contributed by atoms with E-state index in [0.717, 1.165) is 17.7 Å². The van der Waals surface area contributed by atoms with Crippen molar-refractivity contribution in [2.24, 2.45) is 5.16 Å². The Balaban J connectivity index is 2.21. The number of rotatable bonds is 8. The van der Waals surface area contributed by atoms with E-state index in [1.807, 2.05) is 13.8 Å². The normalized spacial score (nSPS) is 18.6. The van der Waals surface area contributed by atoms with Crippen molar-refractivity contribution in [3.8, 4) is 0 Å². The molecule has 1 aromatic carbocycles. The minimum Gasteiger partial charge on any atom is -0.511 e. The van der Waals surface area contributed by atoms with Crippen LogP contribution in [0.2, 0.25) is 0 Å². The highest BCUT2D eigenvalue weighted by Crippen LogP contribution is 2.34. The van der Waals surface area contributed by atoms with Crippen molar-refractivity contribution in [3.05, 3.63) is 46.7 Å². The van der Waals surface area contributed by atoms with Crippen molar-refractivity contribution in [2.75, 3.05) is 12.9 Å². The Kier molecular flexibility index (Phi) is 7.56. The van der Waals surface area contributed by atoms with Crippen LogP contribution in [0.4, 0.5) is 0 Å². The molecular formula is C20H27NO3S. The molecule has 0 saturated heterocycles. The summed E-state index contributed by atoms with van der Waals surface area (Å²) in [5, 5.41) is 14.6. The first-order valence-corrected chi connectivity index (χ1v) is 10.2. The lowest BCUT2D eigenvalue weighted by atomic mass is 9.80. The molecule has 1 unspecified atom stereocenters. The van der Waals surface area contributed by atoms with Gasteiger partial charge in [-0.1, -0.05) is 42.8 Å². The van der Waals surface area contributed by atoms with Gasteiger partial charge in [0.1, 0.15) is 12.4 Å². The number of nitrogens with zero attached hydrogens (tertiary/aromatic N) is 1. The first-order valence-electron chi connectivity index (χ1n) is 8.82. The minimum atomic E-state index is -0.0474. The van der Waals surface area contributed by atoms with E-state index in [0.29, 0.717) is 37.2 Å². The molecular weight excluding hydrogens is 334 g/mol. The summed E-state index contributed by atoms with van der Waals surface area (Å²) in [5.74, 6) is 1.10. The van der Waals surface area contributed by atoms with Gasteiger partial charge in [0.05, 0.1) is 11.3 Å². The third kappa shape index (κ3) is 5.11. The molecule has 0 bridgehead atoms. The number of Topliss-reactive ketones (excluding diaryl/α,β-unsaturated/α-hetero) is 1. The van der Waals surface area contributed by atoms with E-state index >= 15 is 0 Å². The summed E-state index contributed by atoms with van der Waals surface area (Å²) in [6, 6.07) is 8.35. The van der Waals surface area contributed by atoms with Crippen LogP contribution in [-0.4, -0.2) is 29.5 Å². The summed E-state index contributed by atoms with van der Waals surface area (Å²) >= 11 is 1.78. The zero-order chi connectivity index (χ0) is 18.2. The van der Waals surface area contributed by atoms with Gasteiger partial charge in [-0.15, -0.1) is 0 Å². The van der Waals surface area contributed by atoms with Crippen molar-refractivity contribution in [1.82, 2.24) is 0 Å². The number of allylic oxidation sites excluding steroid dienone is 2. The fourth-order valence-electron chi connectivity index (χ4n) is 3.11. The van der Waals surface area contributed by atoms with E-state index in [-0.39, 0.29) is 17.5 Å². The van der Waals surface area contributed by atoms with Crippen LogP contribution >= 0.6 is 11.8 Å². The maximum atomic E-state index is 12.7. The van der Waals surface area contributed by atoms with Crippen LogP contribution in [0.25, 0.3) is 0 Å². The minimum absolute atomic E-state index is 0.0227. The SMILES string of the molecule is CCCC(=NOCC)C1=C(O)CC(c2ccc(CSC)cc2)CC1=O. The molecule has 0 spiro atoms. The molecule has 2 rings (SSSR count). The molecule has 0 aliphatic heterocycles. The van der Waals surface area contributed by atoms with Crippen LogP contribution in [0.1, 0.15) is 56.6 Å². The first-order chi connectivity index (χ1) is 12.1. The molecule has 25 heavy (non-hydrogen) atoms. The number of aliphatic hydroxyl groups excluding tert-OH is 1. The van der Waals surface area contributed by atoms with Gasteiger partial charge in [-0.3, -0.25) is 4.79 Å².